The van der Waals surface area contributed by atoms with E-state index in [0.717, 1.165) is 4.57 Å². The zero-order valence-electron chi connectivity index (χ0n) is 6.07. The smallest absolute Gasteiger partial charge is 0.314 e. The van der Waals surface area contributed by atoms with E-state index in [2.05, 4.69) is 4.98 Å². The largest absolute Gasteiger partial charge is 0.329 e. The Morgan fingerprint density at radius 1 is 1.64 bits per heavy atom. The van der Waals surface area contributed by atoms with Gasteiger partial charge in [-0.1, -0.05) is 0 Å². The summed E-state index contributed by atoms with van der Waals surface area (Å²) in [7, 11) is 0. The maximum Gasteiger partial charge on any atom is 0.329 e. The van der Waals surface area contributed by atoms with E-state index in [1.807, 2.05) is 0 Å². The van der Waals surface area contributed by atoms with Crippen molar-refractivity contribution < 1.29 is 0 Å². The monoisotopic (exact) mass is 155 g/mol. The molecule has 0 saturated carbocycles. The molecule has 0 aliphatic heterocycles. The van der Waals surface area contributed by atoms with Crippen molar-refractivity contribution in [1.29, 1.82) is 0 Å². The molecule has 5 heteroatoms. The minimum absolute atomic E-state index is 0.385. The number of rotatable bonds is 1. The van der Waals surface area contributed by atoms with E-state index in [1.165, 1.54) is 12.3 Å². The van der Waals surface area contributed by atoms with Gasteiger partial charge in [-0.2, -0.15) is 0 Å². The predicted octanol–water partition coefficient (Wildman–Crippen LogP) is -0.986. The molecule has 1 aromatic rings. The lowest BCUT2D eigenvalue weighted by molar-refractivity contribution is 0.522. The summed E-state index contributed by atoms with van der Waals surface area (Å²) in [6.45, 7) is 1.57. The number of nitrogens with one attached hydrogen (secondary N) is 1. The number of hydrogen-bond acceptors (Lipinski definition) is 3. The van der Waals surface area contributed by atoms with Gasteiger partial charge >= 0.3 is 5.69 Å². The van der Waals surface area contributed by atoms with Crippen molar-refractivity contribution in [3.63, 3.8) is 0 Å². The first-order valence-corrected chi connectivity index (χ1v) is 3.19. The Morgan fingerprint density at radius 3 is 2.64 bits per heavy atom. The standard InChI is InChI=1S/C6H9N3O2/c1-4(7)9-5(10)2-3-8-6(9)11/h2-4H,7H2,1H3,(H,8,11). The lowest BCUT2D eigenvalue weighted by atomic mass is 10.5. The molecule has 1 aromatic heterocycles. The highest BCUT2D eigenvalue weighted by Gasteiger charge is 2.02. The van der Waals surface area contributed by atoms with E-state index in [0.29, 0.717) is 0 Å². The normalized spacial score (nSPS) is 12.9. The zero-order valence-corrected chi connectivity index (χ0v) is 6.07. The van der Waals surface area contributed by atoms with Gasteiger partial charge in [-0.25, -0.2) is 9.36 Å². The Kier molecular flexibility index (Phi) is 1.91. The van der Waals surface area contributed by atoms with Gasteiger partial charge in [0, 0.05) is 12.3 Å². The fraction of sp³-hybridized carbons (Fsp3) is 0.333. The van der Waals surface area contributed by atoms with Crippen LogP contribution in [0.25, 0.3) is 0 Å². The van der Waals surface area contributed by atoms with Crippen molar-refractivity contribution >= 4 is 0 Å². The van der Waals surface area contributed by atoms with Gasteiger partial charge in [-0.15, -0.1) is 0 Å². The maximum atomic E-state index is 10.9. The number of nitrogens with two attached hydrogens (primary N) is 1. The van der Waals surface area contributed by atoms with E-state index in [1.54, 1.807) is 6.92 Å². The van der Waals surface area contributed by atoms with Gasteiger partial charge in [0.15, 0.2) is 0 Å². The SMILES string of the molecule is CC(N)n1c(=O)cc[nH]c1=O. The van der Waals surface area contributed by atoms with Crippen LogP contribution in [0, 0.1) is 0 Å². The molecule has 11 heavy (non-hydrogen) atoms. The summed E-state index contributed by atoms with van der Waals surface area (Å²) in [5, 5.41) is 0. The lowest BCUT2D eigenvalue weighted by Crippen LogP contribution is -2.39. The van der Waals surface area contributed by atoms with Gasteiger partial charge in [0.05, 0.1) is 6.17 Å². The van der Waals surface area contributed by atoms with Crippen LogP contribution in [0.4, 0.5) is 0 Å². The molecule has 0 spiro atoms. The van der Waals surface area contributed by atoms with Crippen molar-refractivity contribution in [2.45, 2.75) is 13.1 Å². The molecule has 0 fully saturated rings. The summed E-state index contributed by atoms with van der Waals surface area (Å²) < 4.78 is 0.944. The van der Waals surface area contributed by atoms with Crippen LogP contribution in [0.1, 0.15) is 13.1 Å². The lowest BCUT2D eigenvalue weighted by Gasteiger charge is -2.05. The van der Waals surface area contributed by atoms with Gasteiger partial charge in [-0.3, -0.25) is 4.79 Å². The first-order valence-electron chi connectivity index (χ1n) is 3.19. The quantitative estimate of drug-likeness (QED) is 0.546. The Balaban J connectivity index is 3.45. The maximum absolute atomic E-state index is 10.9. The van der Waals surface area contributed by atoms with E-state index in [9.17, 15) is 9.59 Å². The van der Waals surface area contributed by atoms with Gasteiger partial charge in [-0.05, 0) is 6.92 Å². The van der Waals surface area contributed by atoms with Crippen molar-refractivity contribution in [2.75, 3.05) is 0 Å². The Morgan fingerprint density at radius 2 is 2.27 bits per heavy atom. The number of nitrogens with zero attached hydrogens (tertiary/aromatic N) is 1. The molecule has 3 N–H and O–H groups in total. The number of H-pyrrole nitrogens is 1. The average Bonchev–Trinajstić information content (AvgIpc) is 1.85. The molecule has 0 radical (unpaired) electrons. The molecule has 1 rings (SSSR count). The molecule has 5 nitrogen and oxygen atoms in total. The minimum Gasteiger partial charge on any atom is -0.314 e. The van der Waals surface area contributed by atoms with Crippen LogP contribution in [0.3, 0.4) is 0 Å². The van der Waals surface area contributed by atoms with Crippen molar-refractivity contribution in [3.8, 4) is 0 Å². The second kappa shape index (κ2) is 2.71. The van der Waals surface area contributed by atoms with Crippen LogP contribution < -0.4 is 17.0 Å². The molecular weight excluding hydrogens is 146 g/mol. The first kappa shape index (κ1) is 7.74. The molecule has 0 bridgehead atoms. The Hall–Kier alpha value is -1.36. The predicted molar refractivity (Wildman–Crippen MR) is 40.2 cm³/mol. The highest BCUT2D eigenvalue weighted by atomic mass is 16.2. The highest BCUT2D eigenvalue weighted by Crippen LogP contribution is 1.82. The summed E-state index contributed by atoms with van der Waals surface area (Å²) in [6.07, 6.45) is 0.705. The summed E-state index contributed by atoms with van der Waals surface area (Å²) in [6, 6.07) is 1.25. The number of aromatic amines is 1. The van der Waals surface area contributed by atoms with Crippen LogP contribution >= 0.6 is 0 Å². The number of aromatic nitrogens is 2. The van der Waals surface area contributed by atoms with Crippen molar-refractivity contribution in [3.05, 3.63) is 33.1 Å². The Labute approximate surface area is 62.5 Å². The summed E-state index contributed by atoms with van der Waals surface area (Å²) in [5.74, 6) is 0. The van der Waals surface area contributed by atoms with Gasteiger partial charge in [0.25, 0.3) is 5.56 Å². The molecule has 0 amide bonds. The topological polar surface area (TPSA) is 80.9 Å². The molecule has 0 saturated heterocycles. The fourth-order valence-corrected chi connectivity index (χ4v) is 0.820. The van der Waals surface area contributed by atoms with Crippen molar-refractivity contribution in [2.24, 2.45) is 5.73 Å². The molecule has 0 aliphatic rings. The molecule has 60 valence electrons. The third-order valence-corrected chi connectivity index (χ3v) is 1.30. The van der Waals surface area contributed by atoms with E-state index >= 15 is 0 Å². The van der Waals surface area contributed by atoms with Gasteiger partial charge < -0.3 is 10.7 Å². The second-order valence-corrected chi connectivity index (χ2v) is 2.23. The summed E-state index contributed by atoms with van der Waals surface area (Å²) in [4.78, 5) is 24.2. The molecule has 1 atom stereocenters. The minimum atomic E-state index is -0.590. The van der Waals surface area contributed by atoms with E-state index in [4.69, 9.17) is 5.73 Å². The van der Waals surface area contributed by atoms with Gasteiger partial charge in [0.1, 0.15) is 0 Å². The third kappa shape index (κ3) is 1.38. The summed E-state index contributed by atoms with van der Waals surface area (Å²) >= 11 is 0. The molecule has 1 heterocycles. The van der Waals surface area contributed by atoms with E-state index in [-0.39, 0.29) is 5.56 Å². The molecule has 1 unspecified atom stereocenters. The Bertz CT molecular complexity index is 321. The van der Waals surface area contributed by atoms with Crippen molar-refractivity contribution in [1.82, 2.24) is 9.55 Å². The fourth-order valence-electron chi connectivity index (χ4n) is 0.820. The van der Waals surface area contributed by atoms with Crippen LogP contribution in [-0.4, -0.2) is 9.55 Å². The van der Waals surface area contributed by atoms with Crippen LogP contribution in [0.2, 0.25) is 0 Å². The van der Waals surface area contributed by atoms with Gasteiger partial charge in [0.2, 0.25) is 0 Å². The number of hydrogen-bond donors (Lipinski definition) is 2. The van der Waals surface area contributed by atoms with Crippen LogP contribution in [0.5, 0.6) is 0 Å². The molecule has 0 aliphatic carbocycles. The molecule has 0 aromatic carbocycles. The molecular formula is C6H9N3O2. The van der Waals surface area contributed by atoms with Crippen LogP contribution in [0.15, 0.2) is 21.9 Å². The zero-order chi connectivity index (χ0) is 8.43. The highest BCUT2D eigenvalue weighted by molar-refractivity contribution is 4.83. The first-order chi connectivity index (χ1) is 5.13. The third-order valence-electron chi connectivity index (χ3n) is 1.30. The van der Waals surface area contributed by atoms with E-state index < -0.39 is 11.9 Å². The summed E-state index contributed by atoms with van der Waals surface area (Å²) in [5.41, 5.74) is 4.49. The van der Waals surface area contributed by atoms with Crippen LogP contribution in [-0.2, 0) is 0 Å². The second-order valence-electron chi connectivity index (χ2n) is 2.23. The average molecular weight is 155 g/mol.